The third kappa shape index (κ3) is 5.21. The average Bonchev–Trinajstić information content (AvgIpc) is 2.42. The number of primary amides is 1. The number of hydrogen-bond acceptors (Lipinski definition) is 3. The number of amides is 1. The van der Waals surface area contributed by atoms with Crippen LogP contribution in [0, 0.1) is 0 Å². The summed E-state index contributed by atoms with van der Waals surface area (Å²) in [5, 5.41) is 3.20. The van der Waals surface area contributed by atoms with E-state index >= 15 is 0 Å². The minimum absolute atomic E-state index is 0.252. The van der Waals surface area contributed by atoms with Gasteiger partial charge in [-0.2, -0.15) is 0 Å². The third-order valence-electron chi connectivity index (χ3n) is 3.42. The van der Waals surface area contributed by atoms with Gasteiger partial charge in [0.15, 0.2) is 0 Å². The van der Waals surface area contributed by atoms with Crippen LogP contribution in [0.1, 0.15) is 32.8 Å². The molecule has 4 nitrogen and oxygen atoms in total. The van der Waals surface area contributed by atoms with Crippen LogP contribution in [0.4, 0.5) is 5.69 Å². The van der Waals surface area contributed by atoms with E-state index in [1.54, 1.807) is 0 Å². The molecule has 0 spiro atoms. The van der Waals surface area contributed by atoms with Crippen LogP contribution in [0.15, 0.2) is 24.3 Å². The number of hydrogen-bond donors (Lipinski definition) is 2. The van der Waals surface area contributed by atoms with E-state index in [0.29, 0.717) is 6.42 Å². The second kappa shape index (κ2) is 7.90. The van der Waals surface area contributed by atoms with Crippen LogP contribution < -0.4 is 16.0 Å². The Kier molecular flexibility index (Phi) is 6.52. The summed E-state index contributed by atoms with van der Waals surface area (Å²) in [4.78, 5) is 13.6. The van der Waals surface area contributed by atoms with Gasteiger partial charge in [-0.25, -0.2) is 0 Å². The number of nitrogens with two attached hydrogens (primary N) is 1. The van der Waals surface area contributed by atoms with Crippen LogP contribution in [-0.2, 0) is 11.2 Å². The fourth-order valence-corrected chi connectivity index (χ4v) is 2.15. The summed E-state index contributed by atoms with van der Waals surface area (Å²) in [5.74, 6) is -0.284. The Morgan fingerprint density at radius 3 is 2.35 bits per heavy atom. The van der Waals surface area contributed by atoms with Crippen LogP contribution in [-0.4, -0.2) is 31.6 Å². The van der Waals surface area contributed by atoms with Crippen molar-refractivity contribution in [2.24, 2.45) is 5.73 Å². The minimum atomic E-state index is -0.284. The molecule has 0 radical (unpaired) electrons. The number of nitrogens with one attached hydrogen (secondary N) is 1. The van der Waals surface area contributed by atoms with Crippen molar-refractivity contribution in [3.05, 3.63) is 29.8 Å². The van der Waals surface area contributed by atoms with Crippen LogP contribution in [0.5, 0.6) is 0 Å². The highest BCUT2D eigenvalue weighted by Gasteiger charge is 2.16. The number of anilines is 1. The highest BCUT2D eigenvalue weighted by molar-refractivity contribution is 5.79. The van der Waals surface area contributed by atoms with Gasteiger partial charge < -0.3 is 16.0 Å². The van der Waals surface area contributed by atoms with Gasteiger partial charge in [0, 0.05) is 25.3 Å². The van der Waals surface area contributed by atoms with Crippen molar-refractivity contribution in [3.8, 4) is 0 Å². The Bertz CT molecular complexity index is 414. The molecule has 3 N–H and O–H groups in total. The molecule has 4 heteroatoms. The maximum Gasteiger partial charge on any atom is 0.234 e. The molecule has 0 saturated carbocycles. The van der Waals surface area contributed by atoms with Crippen molar-refractivity contribution in [1.82, 2.24) is 5.32 Å². The van der Waals surface area contributed by atoms with E-state index in [4.69, 9.17) is 5.73 Å². The molecule has 1 rings (SSSR count). The quantitative estimate of drug-likeness (QED) is 0.763. The maximum atomic E-state index is 11.4. The molecule has 1 aromatic carbocycles. The lowest BCUT2D eigenvalue weighted by atomic mass is 10.1. The van der Waals surface area contributed by atoms with Crippen molar-refractivity contribution in [1.29, 1.82) is 0 Å². The molecule has 0 heterocycles. The summed E-state index contributed by atoms with van der Waals surface area (Å²) in [5.41, 5.74) is 7.92. The van der Waals surface area contributed by atoms with Gasteiger partial charge in [-0.3, -0.25) is 4.79 Å². The maximum absolute atomic E-state index is 11.4. The molecule has 0 aromatic heterocycles. The molecular formula is C16H27N3O. The van der Waals surface area contributed by atoms with E-state index in [1.807, 2.05) is 20.9 Å². The van der Waals surface area contributed by atoms with Gasteiger partial charge >= 0.3 is 0 Å². The minimum Gasteiger partial charge on any atom is -0.375 e. The van der Waals surface area contributed by atoms with Gasteiger partial charge in [-0.05, 0) is 30.5 Å². The van der Waals surface area contributed by atoms with Gasteiger partial charge in [0.25, 0.3) is 0 Å². The lowest BCUT2D eigenvalue weighted by molar-refractivity contribution is -0.120. The molecule has 1 aromatic rings. The Hall–Kier alpha value is -1.55. The van der Waals surface area contributed by atoms with Gasteiger partial charge in [0.2, 0.25) is 5.91 Å². The van der Waals surface area contributed by atoms with E-state index in [0.717, 1.165) is 18.7 Å². The Labute approximate surface area is 122 Å². The molecule has 0 aliphatic carbocycles. The third-order valence-corrected chi connectivity index (χ3v) is 3.42. The highest BCUT2D eigenvalue weighted by atomic mass is 16.1. The molecule has 1 atom stereocenters. The van der Waals surface area contributed by atoms with Gasteiger partial charge in [0.1, 0.15) is 0 Å². The first kappa shape index (κ1) is 16.5. The van der Waals surface area contributed by atoms with Gasteiger partial charge in [0.05, 0.1) is 6.04 Å². The summed E-state index contributed by atoms with van der Waals surface area (Å²) in [6.07, 6.45) is 1.76. The molecule has 20 heavy (non-hydrogen) atoms. The van der Waals surface area contributed by atoms with E-state index in [2.05, 4.69) is 41.4 Å². The molecule has 1 unspecified atom stereocenters. The van der Waals surface area contributed by atoms with Crippen molar-refractivity contribution < 1.29 is 4.79 Å². The second-order valence-electron chi connectivity index (χ2n) is 5.51. The van der Waals surface area contributed by atoms with Crippen LogP contribution >= 0.6 is 0 Å². The number of rotatable bonds is 8. The first-order chi connectivity index (χ1) is 9.43. The Morgan fingerprint density at radius 2 is 1.90 bits per heavy atom. The van der Waals surface area contributed by atoms with E-state index in [1.165, 1.54) is 5.56 Å². The summed E-state index contributed by atoms with van der Waals surface area (Å²) in [6.45, 7) is 6.97. The number of aryl methyl sites for hydroxylation is 1. The first-order valence-electron chi connectivity index (χ1n) is 7.29. The van der Waals surface area contributed by atoms with Gasteiger partial charge in [-0.15, -0.1) is 0 Å². The predicted molar refractivity (Wildman–Crippen MR) is 85.0 cm³/mol. The second-order valence-corrected chi connectivity index (χ2v) is 5.51. The predicted octanol–water partition coefficient (Wildman–Crippen LogP) is 1.93. The zero-order valence-corrected chi connectivity index (χ0v) is 13.0. The number of carbonyl (C=O) groups excluding carboxylic acids is 1. The standard InChI is InChI=1S/C16H27N3O/c1-5-13-6-8-14(9-7-13)19(4)11-10-15(16(17)20)18-12(2)3/h6-9,12,15,18H,5,10-11H2,1-4H3,(H2,17,20). The summed E-state index contributed by atoms with van der Waals surface area (Å²) >= 11 is 0. The topological polar surface area (TPSA) is 58.4 Å². The fraction of sp³-hybridized carbons (Fsp3) is 0.562. The van der Waals surface area contributed by atoms with Crippen molar-refractivity contribution in [2.45, 2.75) is 45.7 Å². The summed E-state index contributed by atoms with van der Waals surface area (Å²) < 4.78 is 0. The lowest BCUT2D eigenvalue weighted by Gasteiger charge is -2.24. The van der Waals surface area contributed by atoms with Crippen molar-refractivity contribution in [3.63, 3.8) is 0 Å². The smallest absolute Gasteiger partial charge is 0.234 e. The molecule has 0 saturated heterocycles. The number of carbonyl (C=O) groups is 1. The monoisotopic (exact) mass is 277 g/mol. The number of nitrogens with zero attached hydrogens (tertiary/aromatic N) is 1. The lowest BCUT2D eigenvalue weighted by Crippen LogP contribution is -2.46. The van der Waals surface area contributed by atoms with E-state index in [9.17, 15) is 4.79 Å². The first-order valence-corrected chi connectivity index (χ1v) is 7.29. The summed E-state index contributed by atoms with van der Waals surface area (Å²) in [6, 6.07) is 8.50. The molecule has 0 bridgehead atoms. The zero-order valence-electron chi connectivity index (χ0n) is 13.0. The number of benzene rings is 1. The SMILES string of the molecule is CCc1ccc(N(C)CCC(NC(C)C)C(N)=O)cc1. The van der Waals surface area contributed by atoms with E-state index < -0.39 is 0 Å². The molecule has 0 aliphatic heterocycles. The normalized spacial score (nSPS) is 12.4. The fourth-order valence-electron chi connectivity index (χ4n) is 2.15. The van der Waals surface area contributed by atoms with Crippen molar-refractivity contribution in [2.75, 3.05) is 18.5 Å². The highest BCUT2D eigenvalue weighted by Crippen LogP contribution is 2.14. The average molecular weight is 277 g/mol. The van der Waals surface area contributed by atoms with Gasteiger partial charge in [-0.1, -0.05) is 32.9 Å². The Morgan fingerprint density at radius 1 is 1.30 bits per heavy atom. The van der Waals surface area contributed by atoms with Crippen LogP contribution in [0.25, 0.3) is 0 Å². The molecule has 0 fully saturated rings. The largest absolute Gasteiger partial charge is 0.375 e. The zero-order chi connectivity index (χ0) is 15.1. The van der Waals surface area contributed by atoms with Crippen LogP contribution in [0.3, 0.4) is 0 Å². The van der Waals surface area contributed by atoms with Crippen molar-refractivity contribution >= 4 is 11.6 Å². The molecule has 0 aliphatic rings. The summed E-state index contributed by atoms with van der Waals surface area (Å²) in [7, 11) is 2.04. The van der Waals surface area contributed by atoms with Crippen LogP contribution in [0.2, 0.25) is 0 Å². The van der Waals surface area contributed by atoms with E-state index in [-0.39, 0.29) is 18.0 Å². The molecule has 112 valence electrons. The molecule has 1 amide bonds. The molecular weight excluding hydrogens is 250 g/mol. The Balaban J connectivity index is 2.55.